The number of hydrogen-bond acceptors (Lipinski definition) is 6. The first-order valence-corrected chi connectivity index (χ1v) is 10.3. The number of anilines is 1. The summed E-state index contributed by atoms with van der Waals surface area (Å²) in [5.74, 6) is -0.0182. The fourth-order valence-corrected chi connectivity index (χ4v) is 4.32. The smallest absolute Gasteiger partial charge is 0.263 e. The quantitative estimate of drug-likeness (QED) is 0.835. The summed E-state index contributed by atoms with van der Waals surface area (Å²) in [7, 11) is 0. The number of carbonyl (C=O) groups is 2. The number of nitrogens with one attached hydrogen (secondary N) is 1. The monoisotopic (exact) mass is 378 g/mol. The molecule has 1 N–H and O–H groups in total. The van der Waals surface area contributed by atoms with Gasteiger partial charge in [0.15, 0.2) is 0 Å². The van der Waals surface area contributed by atoms with Crippen molar-refractivity contribution in [3.63, 3.8) is 0 Å². The fraction of sp³-hybridized carbons (Fsp3) is 0.529. The molecule has 0 saturated carbocycles. The van der Waals surface area contributed by atoms with Crippen LogP contribution in [0.25, 0.3) is 0 Å². The van der Waals surface area contributed by atoms with E-state index in [4.69, 9.17) is 0 Å². The van der Waals surface area contributed by atoms with Crippen molar-refractivity contribution in [1.82, 2.24) is 15.1 Å². The van der Waals surface area contributed by atoms with E-state index in [1.54, 1.807) is 0 Å². The number of amides is 2. The van der Waals surface area contributed by atoms with Crippen LogP contribution in [0.5, 0.6) is 0 Å². The predicted molar refractivity (Wildman–Crippen MR) is 100 cm³/mol. The Labute approximate surface area is 155 Å². The summed E-state index contributed by atoms with van der Waals surface area (Å²) in [5, 5.41) is 14.5. The van der Waals surface area contributed by atoms with Gasteiger partial charge < -0.3 is 10.2 Å². The highest BCUT2D eigenvalue weighted by Gasteiger charge is 2.28. The molecule has 3 heterocycles. The number of thiophene rings is 1. The molecule has 2 aromatic heterocycles. The van der Waals surface area contributed by atoms with Crippen LogP contribution in [0.15, 0.2) is 17.5 Å². The van der Waals surface area contributed by atoms with E-state index in [1.807, 2.05) is 22.4 Å². The number of aryl methyl sites for hydroxylation is 1. The van der Waals surface area contributed by atoms with Crippen molar-refractivity contribution >= 4 is 39.6 Å². The van der Waals surface area contributed by atoms with Gasteiger partial charge in [0, 0.05) is 25.4 Å². The number of aromatic nitrogens is 2. The van der Waals surface area contributed by atoms with Gasteiger partial charge >= 0.3 is 0 Å². The van der Waals surface area contributed by atoms with E-state index < -0.39 is 0 Å². The Balaban J connectivity index is 1.48. The molecule has 0 radical (unpaired) electrons. The average Bonchev–Trinajstić information content (AvgIpc) is 3.31. The molecule has 0 bridgehead atoms. The lowest BCUT2D eigenvalue weighted by molar-refractivity contribution is -0.121. The van der Waals surface area contributed by atoms with E-state index in [1.165, 1.54) is 22.7 Å². The first kappa shape index (κ1) is 18.0. The van der Waals surface area contributed by atoms with Gasteiger partial charge in [-0.3, -0.25) is 9.59 Å². The maximum absolute atomic E-state index is 12.4. The van der Waals surface area contributed by atoms with Crippen molar-refractivity contribution in [3.05, 3.63) is 27.4 Å². The predicted octanol–water partition coefficient (Wildman–Crippen LogP) is 3.43. The van der Waals surface area contributed by atoms with Crippen LogP contribution >= 0.6 is 22.7 Å². The normalized spacial score (nSPS) is 15.3. The van der Waals surface area contributed by atoms with Gasteiger partial charge in [0.05, 0.1) is 4.88 Å². The van der Waals surface area contributed by atoms with Crippen molar-refractivity contribution in [2.24, 2.45) is 5.92 Å². The number of likely N-dealkylation sites (tertiary alicyclic amines) is 1. The van der Waals surface area contributed by atoms with Crippen LogP contribution in [0.2, 0.25) is 0 Å². The van der Waals surface area contributed by atoms with Crippen molar-refractivity contribution in [2.75, 3.05) is 18.4 Å². The first-order chi connectivity index (χ1) is 12.2. The second kappa shape index (κ2) is 8.53. The first-order valence-electron chi connectivity index (χ1n) is 8.63. The molecule has 0 aliphatic carbocycles. The lowest BCUT2D eigenvalue weighted by Gasteiger charge is -2.30. The van der Waals surface area contributed by atoms with Crippen LogP contribution < -0.4 is 5.32 Å². The van der Waals surface area contributed by atoms with Crippen molar-refractivity contribution in [2.45, 2.75) is 39.0 Å². The number of carbonyl (C=O) groups excluding carboxylic acids is 2. The summed E-state index contributed by atoms with van der Waals surface area (Å²) >= 11 is 2.91. The van der Waals surface area contributed by atoms with Gasteiger partial charge in [-0.25, -0.2) is 0 Å². The molecule has 0 unspecified atom stereocenters. The number of nitrogens with zero attached hydrogens (tertiary/aromatic N) is 3. The molecule has 1 fully saturated rings. The maximum Gasteiger partial charge on any atom is 0.263 e. The highest BCUT2D eigenvalue weighted by molar-refractivity contribution is 7.15. The lowest BCUT2D eigenvalue weighted by Crippen LogP contribution is -2.41. The van der Waals surface area contributed by atoms with Gasteiger partial charge in [0.1, 0.15) is 5.01 Å². The molecular formula is C17H22N4O2S2. The molecule has 134 valence electrons. The highest BCUT2D eigenvalue weighted by Crippen LogP contribution is 2.23. The minimum absolute atomic E-state index is 0.0126. The van der Waals surface area contributed by atoms with Gasteiger partial charge in [-0.15, -0.1) is 21.5 Å². The van der Waals surface area contributed by atoms with Crippen molar-refractivity contribution in [3.8, 4) is 0 Å². The summed E-state index contributed by atoms with van der Waals surface area (Å²) in [4.78, 5) is 27.4. The largest absolute Gasteiger partial charge is 0.338 e. The molecule has 2 aromatic rings. The third-order valence-corrected chi connectivity index (χ3v) is 6.08. The summed E-state index contributed by atoms with van der Waals surface area (Å²) in [5.41, 5.74) is 0. The summed E-state index contributed by atoms with van der Waals surface area (Å²) in [6.45, 7) is 3.37. The van der Waals surface area contributed by atoms with Crippen LogP contribution in [-0.2, 0) is 11.2 Å². The molecule has 6 nitrogen and oxygen atoms in total. The Morgan fingerprint density at radius 1 is 1.32 bits per heavy atom. The van der Waals surface area contributed by atoms with E-state index in [2.05, 4.69) is 22.4 Å². The maximum atomic E-state index is 12.4. The van der Waals surface area contributed by atoms with Gasteiger partial charge in [0.25, 0.3) is 5.91 Å². The number of unbranched alkanes of at least 4 members (excludes halogenated alkanes) is 1. The van der Waals surface area contributed by atoms with Gasteiger partial charge in [-0.2, -0.15) is 0 Å². The molecule has 0 atom stereocenters. The lowest BCUT2D eigenvalue weighted by atomic mass is 9.96. The summed E-state index contributed by atoms with van der Waals surface area (Å²) in [6, 6.07) is 3.73. The van der Waals surface area contributed by atoms with Gasteiger partial charge in [-0.05, 0) is 30.7 Å². The molecule has 25 heavy (non-hydrogen) atoms. The Kier molecular flexibility index (Phi) is 6.14. The minimum Gasteiger partial charge on any atom is -0.338 e. The number of rotatable bonds is 6. The SMILES string of the molecule is CCCCc1nnc(NC(=O)C2CCN(C(=O)c3cccs3)CC2)s1. The minimum atomic E-state index is -0.0737. The molecule has 3 rings (SSSR count). The molecule has 1 aliphatic heterocycles. The van der Waals surface area contributed by atoms with E-state index in [0.717, 1.165) is 29.1 Å². The third-order valence-electron chi connectivity index (χ3n) is 4.33. The van der Waals surface area contributed by atoms with Crippen LogP contribution in [0.1, 0.15) is 47.3 Å². The summed E-state index contributed by atoms with van der Waals surface area (Å²) in [6.07, 6.45) is 4.48. The van der Waals surface area contributed by atoms with E-state index >= 15 is 0 Å². The average molecular weight is 379 g/mol. The topological polar surface area (TPSA) is 75.2 Å². The molecule has 1 aliphatic rings. The summed E-state index contributed by atoms with van der Waals surface area (Å²) < 4.78 is 0. The molecule has 8 heteroatoms. The Morgan fingerprint density at radius 2 is 2.12 bits per heavy atom. The Bertz CT molecular complexity index is 706. The molecule has 0 spiro atoms. The van der Waals surface area contributed by atoms with Crippen LogP contribution in [0.4, 0.5) is 5.13 Å². The molecule has 0 aromatic carbocycles. The van der Waals surface area contributed by atoms with Crippen LogP contribution in [-0.4, -0.2) is 40.0 Å². The zero-order chi connectivity index (χ0) is 17.6. The van der Waals surface area contributed by atoms with Gasteiger partial charge in [-0.1, -0.05) is 30.7 Å². The van der Waals surface area contributed by atoms with Crippen molar-refractivity contribution < 1.29 is 9.59 Å². The Morgan fingerprint density at radius 3 is 2.80 bits per heavy atom. The highest BCUT2D eigenvalue weighted by atomic mass is 32.1. The molecule has 1 saturated heterocycles. The Hall–Kier alpha value is -1.80. The second-order valence-electron chi connectivity index (χ2n) is 6.14. The fourth-order valence-electron chi connectivity index (χ4n) is 2.84. The van der Waals surface area contributed by atoms with Gasteiger partial charge in [0.2, 0.25) is 11.0 Å². The molecular weight excluding hydrogens is 356 g/mol. The number of piperidine rings is 1. The zero-order valence-electron chi connectivity index (χ0n) is 14.2. The van der Waals surface area contributed by atoms with E-state index in [-0.39, 0.29) is 17.7 Å². The second-order valence-corrected chi connectivity index (χ2v) is 8.15. The van der Waals surface area contributed by atoms with Crippen molar-refractivity contribution in [1.29, 1.82) is 0 Å². The van der Waals surface area contributed by atoms with Crippen LogP contribution in [0, 0.1) is 5.92 Å². The van der Waals surface area contributed by atoms with E-state index in [0.29, 0.717) is 31.1 Å². The number of hydrogen-bond donors (Lipinski definition) is 1. The molecule has 2 amide bonds. The van der Waals surface area contributed by atoms with E-state index in [9.17, 15) is 9.59 Å². The van der Waals surface area contributed by atoms with Crippen LogP contribution in [0.3, 0.4) is 0 Å². The third kappa shape index (κ3) is 4.64. The standard InChI is InChI=1S/C17H22N4O2S2/c1-2-3-6-14-19-20-17(25-14)18-15(22)12-7-9-21(10-8-12)16(23)13-5-4-11-24-13/h4-5,11-12H,2-3,6-10H2,1H3,(H,18,20,22). The zero-order valence-corrected chi connectivity index (χ0v) is 15.9.